The minimum atomic E-state index is -0.615. The fraction of sp³-hybridized carbons (Fsp3) is 0.600. The van der Waals surface area contributed by atoms with Crippen molar-refractivity contribution in [2.75, 3.05) is 19.1 Å². The summed E-state index contributed by atoms with van der Waals surface area (Å²) in [5.41, 5.74) is 2.44. The smallest absolute Gasteiger partial charge is 0.196 e. The van der Waals surface area contributed by atoms with E-state index < -0.39 is 5.79 Å². The van der Waals surface area contributed by atoms with E-state index in [1.807, 2.05) is 0 Å². The second kappa shape index (κ2) is 6.05. The van der Waals surface area contributed by atoms with Gasteiger partial charge in [-0.3, -0.25) is 0 Å². The summed E-state index contributed by atoms with van der Waals surface area (Å²) in [7, 11) is 0. The lowest BCUT2D eigenvalue weighted by atomic mass is 9.95. The second-order valence-electron chi connectivity index (χ2n) is 4.82. The van der Waals surface area contributed by atoms with Crippen molar-refractivity contribution in [3.63, 3.8) is 0 Å². The van der Waals surface area contributed by atoms with Crippen LogP contribution in [-0.2, 0) is 15.3 Å². The molecule has 0 amide bonds. The van der Waals surface area contributed by atoms with Crippen molar-refractivity contribution >= 4 is 11.6 Å². The molecule has 1 aliphatic rings. The first kappa shape index (κ1) is 13.9. The number of halogens is 1. The summed E-state index contributed by atoms with van der Waals surface area (Å²) >= 11 is 5.87. The van der Waals surface area contributed by atoms with Crippen LogP contribution in [0.4, 0.5) is 0 Å². The molecule has 0 aromatic heterocycles. The largest absolute Gasteiger partial charge is 0.343 e. The van der Waals surface area contributed by atoms with Crippen LogP contribution in [0.3, 0.4) is 0 Å². The van der Waals surface area contributed by atoms with E-state index in [1.54, 1.807) is 0 Å². The van der Waals surface area contributed by atoms with E-state index in [0.29, 0.717) is 31.4 Å². The summed E-state index contributed by atoms with van der Waals surface area (Å²) in [6.45, 7) is 5.73. The summed E-state index contributed by atoms with van der Waals surface area (Å²) in [5, 5.41) is 0. The molecule has 1 aromatic rings. The van der Waals surface area contributed by atoms with E-state index in [0.717, 1.165) is 12.0 Å². The lowest BCUT2D eigenvalue weighted by molar-refractivity contribution is -0.166. The Bertz CT molecular complexity index is 369. The maximum atomic E-state index is 5.87. The summed E-state index contributed by atoms with van der Waals surface area (Å²) in [4.78, 5) is 0. The quantitative estimate of drug-likeness (QED) is 0.751. The third-order valence-corrected chi connectivity index (χ3v) is 3.90. The molecule has 1 atom stereocenters. The van der Waals surface area contributed by atoms with Crippen LogP contribution in [0, 0.1) is 0 Å². The number of hydrogen-bond donors (Lipinski definition) is 0. The lowest BCUT2D eigenvalue weighted by Crippen LogP contribution is -2.27. The van der Waals surface area contributed by atoms with Crippen molar-refractivity contribution in [3.05, 3.63) is 35.4 Å². The molecule has 1 aliphatic heterocycles. The van der Waals surface area contributed by atoms with E-state index in [1.165, 1.54) is 5.56 Å². The number of rotatable bonds is 5. The summed E-state index contributed by atoms with van der Waals surface area (Å²) < 4.78 is 11.6. The molecule has 1 heterocycles. The van der Waals surface area contributed by atoms with Crippen LogP contribution in [-0.4, -0.2) is 19.1 Å². The Morgan fingerprint density at radius 1 is 1.22 bits per heavy atom. The highest BCUT2D eigenvalue weighted by molar-refractivity contribution is 6.17. The highest BCUT2D eigenvalue weighted by Crippen LogP contribution is 2.35. The Morgan fingerprint density at radius 3 is 2.33 bits per heavy atom. The Hall–Kier alpha value is -0.570. The van der Waals surface area contributed by atoms with Gasteiger partial charge in [-0.25, -0.2) is 0 Å². The van der Waals surface area contributed by atoms with Gasteiger partial charge in [0.05, 0.1) is 13.2 Å². The topological polar surface area (TPSA) is 18.5 Å². The van der Waals surface area contributed by atoms with E-state index in [2.05, 4.69) is 38.1 Å². The Kier molecular flexibility index (Phi) is 4.66. The third-order valence-electron chi connectivity index (χ3n) is 3.71. The van der Waals surface area contributed by atoms with Crippen molar-refractivity contribution in [1.82, 2.24) is 0 Å². The minimum Gasteiger partial charge on any atom is -0.343 e. The maximum Gasteiger partial charge on any atom is 0.196 e. The maximum absolute atomic E-state index is 5.87. The first-order chi connectivity index (χ1) is 8.72. The van der Waals surface area contributed by atoms with Gasteiger partial charge < -0.3 is 9.47 Å². The number of hydrogen-bond acceptors (Lipinski definition) is 2. The molecule has 0 bridgehead atoms. The van der Waals surface area contributed by atoms with Crippen molar-refractivity contribution in [2.24, 2.45) is 0 Å². The lowest BCUT2D eigenvalue weighted by Gasteiger charge is -2.27. The van der Waals surface area contributed by atoms with Gasteiger partial charge in [0.2, 0.25) is 0 Å². The van der Waals surface area contributed by atoms with Crippen LogP contribution < -0.4 is 0 Å². The molecule has 1 fully saturated rings. The Balaban J connectivity index is 2.21. The van der Waals surface area contributed by atoms with Gasteiger partial charge >= 0.3 is 0 Å². The predicted molar refractivity (Wildman–Crippen MR) is 74.1 cm³/mol. The van der Waals surface area contributed by atoms with Gasteiger partial charge in [0, 0.05) is 17.9 Å². The van der Waals surface area contributed by atoms with Crippen LogP contribution in [0.2, 0.25) is 0 Å². The molecular formula is C15H21ClO2. The molecule has 0 N–H and O–H groups in total. The van der Waals surface area contributed by atoms with Crippen LogP contribution in [0.25, 0.3) is 0 Å². The first-order valence-corrected chi connectivity index (χ1v) is 7.19. The van der Waals surface area contributed by atoms with Gasteiger partial charge in [0.15, 0.2) is 5.79 Å². The highest BCUT2D eigenvalue weighted by Gasteiger charge is 2.37. The minimum absolute atomic E-state index is 0.535. The first-order valence-electron chi connectivity index (χ1n) is 6.66. The van der Waals surface area contributed by atoms with Gasteiger partial charge in [-0.1, -0.05) is 38.1 Å². The number of ether oxygens (including phenoxy) is 2. The van der Waals surface area contributed by atoms with Gasteiger partial charge in [-0.15, -0.1) is 11.6 Å². The summed E-state index contributed by atoms with van der Waals surface area (Å²) in [6, 6.07) is 8.56. The molecule has 3 heteroatoms. The zero-order valence-corrected chi connectivity index (χ0v) is 11.9. The average Bonchev–Trinajstić information content (AvgIpc) is 2.88. The van der Waals surface area contributed by atoms with Gasteiger partial charge in [-0.05, 0) is 17.9 Å². The summed E-state index contributed by atoms with van der Waals surface area (Å²) in [6.07, 6.45) is 1.84. The molecule has 18 heavy (non-hydrogen) atoms. The number of benzene rings is 1. The molecule has 1 aromatic carbocycles. The van der Waals surface area contributed by atoms with Crippen molar-refractivity contribution in [3.8, 4) is 0 Å². The van der Waals surface area contributed by atoms with Crippen LogP contribution in [0.5, 0.6) is 0 Å². The fourth-order valence-electron chi connectivity index (χ4n) is 2.34. The molecule has 0 radical (unpaired) electrons. The molecular weight excluding hydrogens is 248 g/mol. The average molecular weight is 269 g/mol. The Morgan fingerprint density at radius 2 is 1.83 bits per heavy atom. The molecule has 1 unspecified atom stereocenters. The van der Waals surface area contributed by atoms with Gasteiger partial charge in [-0.2, -0.15) is 0 Å². The number of alkyl halides is 1. The van der Waals surface area contributed by atoms with E-state index >= 15 is 0 Å². The zero-order valence-electron chi connectivity index (χ0n) is 11.1. The molecule has 0 saturated carbocycles. The third kappa shape index (κ3) is 2.71. The molecule has 2 nitrogen and oxygen atoms in total. The molecule has 2 rings (SSSR count). The molecule has 0 aliphatic carbocycles. The van der Waals surface area contributed by atoms with Crippen LogP contribution in [0.1, 0.15) is 43.7 Å². The van der Waals surface area contributed by atoms with E-state index in [9.17, 15) is 0 Å². The zero-order chi connectivity index (χ0) is 13.0. The molecule has 1 saturated heterocycles. The van der Waals surface area contributed by atoms with Crippen molar-refractivity contribution in [1.29, 1.82) is 0 Å². The fourth-order valence-corrected chi connectivity index (χ4v) is 2.58. The van der Waals surface area contributed by atoms with Crippen LogP contribution in [0.15, 0.2) is 24.3 Å². The molecule has 0 spiro atoms. The van der Waals surface area contributed by atoms with Crippen LogP contribution >= 0.6 is 11.6 Å². The highest BCUT2D eigenvalue weighted by atomic mass is 35.5. The Labute approximate surface area is 114 Å². The standard InChI is InChI=1S/C15H21ClO2/c1-3-12(2)13-4-6-14(7-5-13)15(8-9-16)17-10-11-18-15/h4-7,12H,3,8-11H2,1-2H3. The molecule has 100 valence electrons. The predicted octanol–water partition coefficient (Wildman–Crippen LogP) is 4.03. The monoisotopic (exact) mass is 268 g/mol. The van der Waals surface area contributed by atoms with Gasteiger partial charge in [0.25, 0.3) is 0 Å². The van der Waals surface area contributed by atoms with Crippen molar-refractivity contribution < 1.29 is 9.47 Å². The van der Waals surface area contributed by atoms with E-state index in [4.69, 9.17) is 21.1 Å². The van der Waals surface area contributed by atoms with E-state index in [-0.39, 0.29) is 0 Å². The second-order valence-corrected chi connectivity index (χ2v) is 5.20. The summed E-state index contributed by atoms with van der Waals surface area (Å²) in [5.74, 6) is 0.511. The van der Waals surface area contributed by atoms with Gasteiger partial charge in [0.1, 0.15) is 0 Å². The normalized spacial score (nSPS) is 19.9. The SMILES string of the molecule is CCC(C)c1ccc(C2(CCCl)OCCO2)cc1. The van der Waals surface area contributed by atoms with Crippen molar-refractivity contribution in [2.45, 2.75) is 38.4 Å².